The van der Waals surface area contributed by atoms with Crippen molar-refractivity contribution in [2.75, 3.05) is 13.2 Å². The van der Waals surface area contributed by atoms with Crippen LogP contribution in [-0.2, 0) is 4.74 Å². The fourth-order valence-electron chi connectivity index (χ4n) is 2.18. The molecule has 1 saturated heterocycles. The van der Waals surface area contributed by atoms with E-state index in [1.54, 1.807) is 6.07 Å². The lowest BCUT2D eigenvalue weighted by Crippen LogP contribution is -2.42. The molecular formula is C14H19BrFNO. The van der Waals surface area contributed by atoms with E-state index in [0.717, 1.165) is 36.0 Å². The number of hydrogen-bond donors (Lipinski definition) is 1. The predicted molar refractivity (Wildman–Crippen MR) is 74.1 cm³/mol. The van der Waals surface area contributed by atoms with E-state index in [4.69, 9.17) is 4.74 Å². The number of rotatable bonds is 2. The standard InChI is InChI=1S/C14H19BrFNO/c1-3-14(2)6-7-18-13(9-17-14)11-5-4-10(16)8-12(11)15/h4-5,8,13,17H,3,6-7,9H2,1-2H3. The van der Waals surface area contributed by atoms with Gasteiger partial charge in [0.1, 0.15) is 5.82 Å². The lowest BCUT2D eigenvalue weighted by molar-refractivity contribution is 0.0648. The van der Waals surface area contributed by atoms with Crippen molar-refractivity contribution in [2.45, 2.75) is 38.3 Å². The highest BCUT2D eigenvalue weighted by molar-refractivity contribution is 9.10. The number of hydrogen-bond acceptors (Lipinski definition) is 2. The molecule has 1 aliphatic rings. The van der Waals surface area contributed by atoms with Gasteiger partial charge >= 0.3 is 0 Å². The lowest BCUT2D eigenvalue weighted by atomic mass is 9.95. The van der Waals surface area contributed by atoms with Crippen LogP contribution in [0, 0.1) is 5.82 Å². The molecule has 2 nitrogen and oxygen atoms in total. The molecule has 1 fully saturated rings. The third-order valence-electron chi connectivity index (χ3n) is 3.78. The first-order chi connectivity index (χ1) is 8.54. The maximum Gasteiger partial charge on any atom is 0.124 e. The lowest BCUT2D eigenvalue weighted by Gasteiger charge is -2.27. The average molecular weight is 316 g/mol. The number of ether oxygens (including phenoxy) is 1. The van der Waals surface area contributed by atoms with Crippen LogP contribution in [0.15, 0.2) is 22.7 Å². The van der Waals surface area contributed by atoms with Crippen LogP contribution in [0.25, 0.3) is 0 Å². The Morgan fingerprint density at radius 2 is 2.33 bits per heavy atom. The van der Waals surface area contributed by atoms with Crippen LogP contribution in [0.5, 0.6) is 0 Å². The Balaban J connectivity index is 2.15. The summed E-state index contributed by atoms with van der Waals surface area (Å²) in [5.74, 6) is -0.231. The summed E-state index contributed by atoms with van der Waals surface area (Å²) >= 11 is 3.41. The quantitative estimate of drug-likeness (QED) is 0.896. The average Bonchev–Trinajstić information content (AvgIpc) is 2.53. The van der Waals surface area contributed by atoms with Gasteiger partial charge < -0.3 is 10.1 Å². The second-order valence-electron chi connectivity index (χ2n) is 5.07. The molecule has 1 aliphatic heterocycles. The Bertz CT molecular complexity index is 426. The van der Waals surface area contributed by atoms with Gasteiger partial charge in [0.2, 0.25) is 0 Å². The van der Waals surface area contributed by atoms with Crippen LogP contribution in [0.4, 0.5) is 4.39 Å². The molecule has 0 saturated carbocycles. The topological polar surface area (TPSA) is 21.3 Å². The minimum absolute atomic E-state index is 0.0200. The van der Waals surface area contributed by atoms with Gasteiger partial charge in [-0.1, -0.05) is 28.9 Å². The predicted octanol–water partition coefficient (Wildman–Crippen LogP) is 3.81. The fraction of sp³-hybridized carbons (Fsp3) is 0.571. The summed E-state index contributed by atoms with van der Waals surface area (Å²) in [6.07, 6.45) is 2.06. The zero-order chi connectivity index (χ0) is 13.2. The van der Waals surface area contributed by atoms with Gasteiger partial charge in [-0.25, -0.2) is 4.39 Å². The molecule has 4 heteroatoms. The van der Waals surface area contributed by atoms with Crippen molar-refractivity contribution in [1.29, 1.82) is 0 Å². The van der Waals surface area contributed by atoms with Crippen molar-refractivity contribution in [2.24, 2.45) is 0 Å². The molecule has 2 unspecified atom stereocenters. The molecule has 0 radical (unpaired) electrons. The highest BCUT2D eigenvalue weighted by atomic mass is 79.9. The summed E-state index contributed by atoms with van der Waals surface area (Å²) < 4.78 is 19.8. The van der Waals surface area contributed by atoms with Gasteiger partial charge in [0.15, 0.2) is 0 Å². The van der Waals surface area contributed by atoms with Crippen LogP contribution in [-0.4, -0.2) is 18.7 Å². The van der Waals surface area contributed by atoms with Gasteiger partial charge in [-0.15, -0.1) is 0 Å². The van der Waals surface area contributed by atoms with Crippen molar-refractivity contribution >= 4 is 15.9 Å². The van der Waals surface area contributed by atoms with E-state index >= 15 is 0 Å². The Morgan fingerprint density at radius 3 is 3.00 bits per heavy atom. The molecule has 1 N–H and O–H groups in total. The van der Waals surface area contributed by atoms with E-state index in [1.165, 1.54) is 12.1 Å². The highest BCUT2D eigenvalue weighted by Gasteiger charge is 2.28. The van der Waals surface area contributed by atoms with E-state index in [2.05, 4.69) is 35.1 Å². The maximum atomic E-state index is 13.1. The molecule has 100 valence electrons. The van der Waals surface area contributed by atoms with E-state index in [0.29, 0.717) is 0 Å². The smallest absolute Gasteiger partial charge is 0.124 e. The molecule has 0 bridgehead atoms. The van der Waals surface area contributed by atoms with E-state index < -0.39 is 0 Å². The molecule has 2 atom stereocenters. The van der Waals surface area contributed by atoms with Crippen molar-refractivity contribution in [3.8, 4) is 0 Å². The van der Waals surface area contributed by atoms with Gasteiger partial charge in [-0.05, 0) is 37.5 Å². The maximum absolute atomic E-state index is 13.1. The number of halogens is 2. The van der Waals surface area contributed by atoms with Crippen LogP contribution < -0.4 is 5.32 Å². The molecule has 0 aromatic heterocycles. The van der Waals surface area contributed by atoms with Crippen LogP contribution in [0.3, 0.4) is 0 Å². The minimum Gasteiger partial charge on any atom is -0.372 e. The Hall–Kier alpha value is -0.450. The van der Waals surface area contributed by atoms with Crippen molar-refractivity contribution < 1.29 is 9.13 Å². The zero-order valence-electron chi connectivity index (χ0n) is 10.8. The summed E-state index contributed by atoms with van der Waals surface area (Å²) in [6, 6.07) is 4.76. The third kappa shape index (κ3) is 3.11. The monoisotopic (exact) mass is 315 g/mol. The highest BCUT2D eigenvalue weighted by Crippen LogP contribution is 2.30. The summed E-state index contributed by atoms with van der Waals surface area (Å²) in [5.41, 5.74) is 1.14. The SMILES string of the molecule is CCC1(C)CCOC(c2ccc(F)cc2Br)CN1. The normalized spacial score (nSPS) is 29.0. The van der Waals surface area contributed by atoms with E-state index in [-0.39, 0.29) is 17.5 Å². The first-order valence-corrected chi connectivity index (χ1v) is 7.15. The minimum atomic E-state index is -0.231. The molecule has 1 aromatic carbocycles. The van der Waals surface area contributed by atoms with Gasteiger partial charge in [-0.2, -0.15) is 0 Å². The summed E-state index contributed by atoms with van der Waals surface area (Å²) in [6.45, 7) is 5.89. The molecule has 1 heterocycles. The first kappa shape index (κ1) is 14.0. The van der Waals surface area contributed by atoms with Gasteiger partial charge in [-0.3, -0.25) is 0 Å². The Labute approximate surface area is 116 Å². The zero-order valence-corrected chi connectivity index (χ0v) is 12.4. The summed E-state index contributed by atoms with van der Waals surface area (Å²) in [5, 5.41) is 3.56. The second-order valence-corrected chi connectivity index (χ2v) is 5.92. The molecule has 0 spiro atoms. The second kappa shape index (κ2) is 5.68. The fourth-order valence-corrected chi connectivity index (χ4v) is 2.78. The molecule has 0 aliphatic carbocycles. The molecular weight excluding hydrogens is 297 g/mol. The summed E-state index contributed by atoms with van der Waals surface area (Å²) in [7, 11) is 0. The van der Waals surface area contributed by atoms with Gasteiger partial charge in [0, 0.05) is 23.2 Å². The molecule has 1 aromatic rings. The first-order valence-electron chi connectivity index (χ1n) is 6.36. The van der Waals surface area contributed by atoms with Crippen molar-refractivity contribution in [3.05, 3.63) is 34.1 Å². The van der Waals surface area contributed by atoms with Crippen molar-refractivity contribution in [1.82, 2.24) is 5.32 Å². The number of nitrogens with one attached hydrogen (secondary N) is 1. The number of benzene rings is 1. The van der Waals surface area contributed by atoms with Gasteiger partial charge in [0.25, 0.3) is 0 Å². The largest absolute Gasteiger partial charge is 0.372 e. The molecule has 2 rings (SSSR count). The molecule has 18 heavy (non-hydrogen) atoms. The summed E-state index contributed by atoms with van der Waals surface area (Å²) in [4.78, 5) is 0. The van der Waals surface area contributed by atoms with Crippen LogP contribution in [0.1, 0.15) is 38.4 Å². The van der Waals surface area contributed by atoms with Crippen LogP contribution in [0.2, 0.25) is 0 Å². The van der Waals surface area contributed by atoms with E-state index in [1.807, 2.05) is 0 Å². The van der Waals surface area contributed by atoms with Crippen LogP contribution >= 0.6 is 15.9 Å². The van der Waals surface area contributed by atoms with E-state index in [9.17, 15) is 4.39 Å². The Morgan fingerprint density at radius 1 is 1.56 bits per heavy atom. The Kier molecular flexibility index (Phi) is 4.41. The van der Waals surface area contributed by atoms with Gasteiger partial charge in [0.05, 0.1) is 6.10 Å². The third-order valence-corrected chi connectivity index (χ3v) is 4.46. The van der Waals surface area contributed by atoms with Crippen molar-refractivity contribution in [3.63, 3.8) is 0 Å². The molecule has 0 amide bonds.